The van der Waals surface area contributed by atoms with Gasteiger partial charge in [0.1, 0.15) is 17.3 Å². The van der Waals surface area contributed by atoms with Crippen molar-refractivity contribution >= 4 is 17.5 Å². The monoisotopic (exact) mass is 365 g/mol. The number of unbranched alkanes of at least 4 members (excludes halogenated alkanes) is 1. The van der Waals surface area contributed by atoms with Gasteiger partial charge in [0, 0.05) is 12.7 Å². The van der Waals surface area contributed by atoms with Gasteiger partial charge in [0.15, 0.2) is 0 Å². The van der Waals surface area contributed by atoms with Crippen LogP contribution in [0.25, 0.3) is 5.65 Å². The zero-order chi connectivity index (χ0) is 19.2. The Morgan fingerprint density at radius 1 is 1.15 bits per heavy atom. The number of rotatable bonds is 8. The SMILES string of the molecule is CCCCNC(=O)c1cccc2nc(C(Cc3ccccc3)C(=O)O)cn12. The first kappa shape index (κ1) is 18.6. The number of hydrogen-bond donors (Lipinski definition) is 2. The van der Waals surface area contributed by atoms with E-state index in [-0.39, 0.29) is 5.91 Å². The number of carboxylic acids is 1. The van der Waals surface area contributed by atoms with Crippen LogP contribution < -0.4 is 5.32 Å². The Hall–Kier alpha value is -3.15. The fourth-order valence-electron chi connectivity index (χ4n) is 3.02. The van der Waals surface area contributed by atoms with E-state index in [1.807, 2.05) is 30.3 Å². The number of hydrogen-bond acceptors (Lipinski definition) is 3. The molecule has 0 saturated heterocycles. The number of nitrogens with one attached hydrogen (secondary N) is 1. The van der Waals surface area contributed by atoms with Crippen molar-refractivity contribution < 1.29 is 14.7 Å². The highest BCUT2D eigenvalue weighted by Crippen LogP contribution is 2.22. The maximum atomic E-state index is 12.5. The summed E-state index contributed by atoms with van der Waals surface area (Å²) in [6.07, 6.45) is 3.92. The Balaban J connectivity index is 1.91. The van der Waals surface area contributed by atoms with Crippen LogP contribution in [0, 0.1) is 0 Å². The first-order chi connectivity index (χ1) is 13.1. The van der Waals surface area contributed by atoms with E-state index in [1.54, 1.807) is 28.8 Å². The number of pyridine rings is 1. The largest absolute Gasteiger partial charge is 0.481 e. The van der Waals surface area contributed by atoms with E-state index in [9.17, 15) is 14.7 Å². The van der Waals surface area contributed by atoms with Crippen LogP contribution in [0.15, 0.2) is 54.7 Å². The van der Waals surface area contributed by atoms with Crippen LogP contribution in [0.2, 0.25) is 0 Å². The molecule has 0 aliphatic carbocycles. The van der Waals surface area contributed by atoms with Gasteiger partial charge in [-0.2, -0.15) is 0 Å². The number of carbonyl (C=O) groups excluding carboxylic acids is 1. The van der Waals surface area contributed by atoms with Gasteiger partial charge in [0.25, 0.3) is 5.91 Å². The number of nitrogens with zero attached hydrogens (tertiary/aromatic N) is 2. The van der Waals surface area contributed by atoms with Crippen LogP contribution in [0.4, 0.5) is 0 Å². The average Bonchev–Trinajstić information content (AvgIpc) is 3.10. The van der Waals surface area contributed by atoms with Gasteiger partial charge in [0.2, 0.25) is 0 Å². The van der Waals surface area contributed by atoms with Gasteiger partial charge >= 0.3 is 5.97 Å². The Morgan fingerprint density at radius 3 is 2.63 bits per heavy atom. The van der Waals surface area contributed by atoms with Gasteiger partial charge in [-0.15, -0.1) is 0 Å². The van der Waals surface area contributed by atoms with Crippen LogP contribution in [0.5, 0.6) is 0 Å². The number of carbonyl (C=O) groups is 2. The minimum absolute atomic E-state index is 0.187. The second-order valence-electron chi connectivity index (χ2n) is 6.49. The van der Waals surface area contributed by atoms with E-state index in [2.05, 4.69) is 17.2 Å². The summed E-state index contributed by atoms with van der Waals surface area (Å²) in [5.41, 5.74) is 2.39. The van der Waals surface area contributed by atoms with Crippen molar-refractivity contribution in [2.24, 2.45) is 0 Å². The molecule has 1 amide bonds. The van der Waals surface area contributed by atoms with Crippen molar-refractivity contribution in [3.05, 3.63) is 71.7 Å². The quantitative estimate of drug-likeness (QED) is 0.600. The van der Waals surface area contributed by atoms with Crippen molar-refractivity contribution in [3.8, 4) is 0 Å². The summed E-state index contributed by atoms with van der Waals surface area (Å²) >= 11 is 0. The maximum Gasteiger partial charge on any atom is 0.312 e. The van der Waals surface area contributed by atoms with Gasteiger partial charge in [-0.05, 0) is 30.5 Å². The molecule has 3 aromatic rings. The van der Waals surface area contributed by atoms with Gasteiger partial charge in [-0.3, -0.25) is 14.0 Å². The molecule has 0 saturated carbocycles. The summed E-state index contributed by atoms with van der Waals surface area (Å²) in [7, 11) is 0. The number of fused-ring (bicyclic) bond motifs is 1. The fraction of sp³-hybridized carbons (Fsp3) is 0.286. The predicted molar refractivity (Wildman–Crippen MR) is 103 cm³/mol. The van der Waals surface area contributed by atoms with E-state index in [4.69, 9.17) is 0 Å². The minimum Gasteiger partial charge on any atom is -0.481 e. The van der Waals surface area contributed by atoms with E-state index in [1.165, 1.54) is 0 Å². The summed E-state index contributed by atoms with van der Waals surface area (Å²) in [4.78, 5) is 28.8. The number of aromatic nitrogens is 2. The second kappa shape index (κ2) is 8.49. The Morgan fingerprint density at radius 2 is 1.93 bits per heavy atom. The molecular weight excluding hydrogens is 342 g/mol. The molecule has 0 aliphatic heterocycles. The van der Waals surface area contributed by atoms with Crippen LogP contribution in [-0.2, 0) is 11.2 Å². The number of benzene rings is 1. The maximum absolute atomic E-state index is 12.5. The lowest BCUT2D eigenvalue weighted by Crippen LogP contribution is -2.26. The molecule has 0 spiro atoms. The average molecular weight is 365 g/mol. The lowest BCUT2D eigenvalue weighted by atomic mass is 9.97. The zero-order valence-corrected chi connectivity index (χ0v) is 15.3. The van der Waals surface area contributed by atoms with Crippen LogP contribution in [0.1, 0.15) is 47.4 Å². The standard InChI is InChI=1S/C21H23N3O3/c1-2-3-12-22-20(25)18-10-7-11-19-23-17(14-24(18)19)16(21(26)27)13-15-8-5-4-6-9-15/h4-11,14,16H,2-3,12-13H2,1H3,(H,22,25)(H,26,27). The minimum atomic E-state index is -0.934. The third-order valence-corrected chi connectivity index (χ3v) is 4.50. The smallest absolute Gasteiger partial charge is 0.312 e. The zero-order valence-electron chi connectivity index (χ0n) is 15.3. The van der Waals surface area contributed by atoms with Gasteiger partial charge in [0.05, 0.1) is 5.69 Å². The molecule has 6 nitrogen and oxygen atoms in total. The third-order valence-electron chi connectivity index (χ3n) is 4.50. The van der Waals surface area contributed by atoms with Crippen molar-refractivity contribution in [1.82, 2.24) is 14.7 Å². The predicted octanol–water partition coefficient (Wildman–Crippen LogP) is 3.28. The molecule has 0 aliphatic rings. The third kappa shape index (κ3) is 4.34. The summed E-state index contributed by atoms with van der Waals surface area (Å²) in [5.74, 6) is -1.90. The lowest BCUT2D eigenvalue weighted by Gasteiger charge is -2.09. The summed E-state index contributed by atoms with van der Waals surface area (Å²) in [6.45, 7) is 2.67. The molecule has 2 aromatic heterocycles. The normalized spacial score (nSPS) is 12.0. The van der Waals surface area contributed by atoms with Gasteiger partial charge in [-0.25, -0.2) is 4.98 Å². The molecule has 0 radical (unpaired) electrons. The molecule has 2 N–H and O–H groups in total. The van der Waals surface area contributed by atoms with Gasteiger partial charge < -0.3 is 10.4 Å². The molecule has 6 heteroatoms. The number of aliphatic carboxylic acids is 1. The molecule has 27 heavy (non-hydrogen) atoms. The molecular formula is C21H23N3O3. The van der Waals surface area contributed by atoms with Crippen molar-refractivity contribution in [2.45, 2.75) is 32.1 Å². The van der Waals surface area contributed by atoms with E-state index in [0.717, 1.165) is 18.4 Å². The first-order valence-corrected chi connectivity index (χ1v) is 9.13. The first-order valence-electron chi connectivity index (χ1n) is 9.13. The van der Waals surface area contributed by atoms with Crippen LogP contribution in [0.3, 0.4) is 0 Å². The number of carboxylic acid groups (broad SMARTS) is 1. The van der Waals surface area contributed by atoms with E-state index in [0.29, 0.717) is 30.0 Å². The molecule has 140 valence electrons. The van der Waals surface area contributed by atoms with E-state index >= 15 is 0 Å². The van der Waals surface area contributed by atoms with E-state index < -0.39 is 11.9 Å². The molecule has 0 bridgehead atoms. The molecule has 3 rings (SSSR count). The molecule has 1 atom stereocenters. The molecule has 1 unspecified atom stereocenters. The highest BCUT2D eigenvalue weighted by atomic mass is 16.4. The highest BCUT2D eigenvalue weighted by molar-refractivity contribution is 5.93. The lowest BCUT2D eigenvalue weighted by molar-refractivity contribution is -0.138. The second-order valence-corrected chi connectivity index (χ2v) is 6.49. The molecule has 2 heterocycles. The van der Waals surface area contributed by atoms with Crippen molar-refractivity contribution in [3.63, 3.8) is 0 Å². The van der Waals surface area contributed by atoms with Crippen molar-refractivity contribution in [2.75, 3.05) is 6.54 Å². The Bertz CT molecular complexity index is 934. The number of imidazole rings is 1. The Labute approximate surface area is 157 Å². The summed E-state index contributed by atoms with van der Waals surface area (Å²) in [5, 5.41) is 12.6. The van der Waals surface area contributed by atoms with Crippen LogP contribution >= 0.6 is 0 Å². The fourth-order valence-corrected chi connectivity index (χ4v) is 3.02. The summed E-state index contributed by atoms with van der Waals surface area (Å²) < 4.78 is 1.66. The number of amides is 1. The van der Waals surface area contributed by atoms with Crippen molar-refractivity contribution in [1.29, 1.82) is 0 Å². The Kier molecular flexibility index (Phi) is 5.86. The topological polar surface area (TPSA) is 83.7 Å². The summed E-state index contributed by atoms with van der Waals surface area (Å²) in [6, 6.07) is 14.7. The van der Waals surface area contributed by atoms with Gasteiger partial charge in [-0.1, -0.05) is 49.7 Å². The van der Waals surface area contributed by atoms with Crippen LogP contribution in [-0.4, -0.2) is 32.9 Å². The molecule has 1 aromatic carbocycles. The highest BCUT2D eigenvalue weighted by Gasteiger charge is 2.24. The molecule has 0 fully saturated rings.